The first-order valence-electron chi connectivity index (χ1n) is 7.35. The maximum atomic E-state index is 12.1. The number of nitro benzene ring substituents is 1. The number of halogens is 4. The number of nitrogens with zero attached hydrogens (tertiary/aromatic N) is 2. The van der Waals surface area contributed by atoms with Gasteiger partial charge in [-0.05, 0) is 23.3 Å². The summed E-state index contributed by atoms with van der Waals surface area (Å²) in [6.07, 6.45) is -4.73. The third-order valence-electron chi connectivity index (χ3n) is 3.21. The molecule has 0 fully saturated rings. The van der Waals surface area contributed by atoms with Gasteiger partial charge in [-0.15, -0.1) is 37.1 Å². The van der Waals surface area contributed by atoms with Crippen molar-refractivity contribution < 1.29 is 22.8 Å². The quantitative estimate of drug-likeness (QED) is 0.209. The van der Waals surface area contributed by atoms with Crippen molar-refractivity contribution >= 4 is 35.6 Å². The minimum Gasteiger partial charge on any atom is -0.406 e. The van der Waals surface area contributed by atoms with Crippen molar-refractivity contribution in [1.29, 1.82) is 0 Å². The van der Waals surface area contributed by atoms with E-state index in [9.17, 15) is 23.3 Å². The summed E-state index contributed by atoms with van der Waals surface area (Å²) < 4.78 is 40.0. The molecule has 7 nitrogen and oxygen atoms in total. The highest BCUT2D eigenvalue weighted by Gasteiger charge is 2.30. The summed E-state index contributed by atoms with van der Waals surface area (Å²) in [5, 5.41) is 13.4. The molecule has 0 saturated heterocycles. The van der Waals surface area contributed by atoms with Crippen molar-refractivity contribution in [3.05, 3.63) is 69.8 Å². The Labute approximate surface area is 169 Å². The summed E-state index contributed by atoms with van der Waals surface area (Å²) in [5.41, 5.74) is 7.14. The number of ether oxygens (including phenoxy) is 1. The fourth-order valence-corrected chi connectivity index (χ4v) is 1.96. The SMILES string of the molecule is I.NC(=NCc1ccc(OC(F)(F)F)cc1)NCc1ccc([N+](=O)[O-])cc1. The zero-order valence-electron chi connectivity index (χ0n) is 13.8. The van der Waals surface area contributed by atoms with E-state index in [1.165, 1.54) is 36.4 Å². The average molecular weight is 496 g/mol. The summed E-state index contributed by atoms with van der Waals surface area (Å²) in [6, 6.07) is 11.2. The number of benzene rings is 2. The first-order valence-corrected chi connectivity index (χ1v) is 7.35. The summed E-state index contributed by atoms with van der Waals surface area (Å²) in [6.45, 7) is 0.497. The molecule has 0 atom stereocenters. The normalized spacial score (nSPS) is 11.4. The van der Waals surface area contributed by atoms with Crippen molar-refractivity contribution in [2.24, 2.45) is 10.7 Å². The Bertz CT molecular complexity index is 781. The minimum absolute atomic E-state index is 0. The molecule has 2 aromatic carbocycles. The molecular formula is C16H16F3IN4O3. The number of hydrogen-bond donors (Lipinski definition) is 2. The van der Waals surface area contributed by atoms with Gasteiger partial charge in [0.15, 0.2) is 5.96 Å². The standard InChI is InChI=1S/C16H15F3N4O3.HI/c17-16(18,19)26-14-7-3-12(4-8-14)10-22-15(20)21-9-11-1-5-13(6-2-11)23(24)25;/h1-8H,9-10H2,(H3,20,21,22);1H. The van der Waals surface area contributed by atoms with Crippen LogP contribution in [-0.2, 0) is 13.1 Å². The van der Waals surface area contributed by atoms with Crippen LogP contribution in [0.4, 0.5) is 18.9 Å². The second-order valence-electron chi connectivity index (χ2n) is 5.17. The Balaban J connectivity index is 0.00000364. The van der Waals surface area contributed by atoms with Crippen molar-refractivity contribution in [3.8, 4) is 5.75 Å². The lowest BCUT2D eigenvalue weighted by Crippen LogP contribution is -2.31. The van der Waals surface area contributed by atoms with E-state index in [0.29, 0.717) is 12.1 Å². The van der Waals surface area contributed by atoms with Gasteiger partial charge in [0, 0.05) is 18.7 Å². The van der Waals surface area contributed by atoms with Gasteiger partial charge >= 0.3 is 6.36 Å². The number of non-ortho nitro benzene ring substituents is 1. The van der Waals surface area contributed by atoms with Crippen LogP contribution < -0.4 is 15.8 Å². The van der Waals surface area contributed by atoms with Crippen LogP contribution in [0.25, 0.3) is 0 Å². The number of nitro groups is 1. The molecule has 0 radical (unpaired) electrons. The van der Waals surface area contributed by atoms with Gasteiger partial charge in [0.2, 0.25) is 0 Å². The number of guanidine groups is 1. The van der Waals surface area contributed by atoms with E-state index in [-0.39, 0.29) is 47.9 Å². The lowest BCUT2D eigenvalue weighted by molar-refractivity contribution is -0.384. The zero-order valence-corrected chi connectivity index (χ0v) is 16.1. The lowest BCUT2D eigenvalue weighted by Gasteiger charge is -2.09. The number of hydrogen-bond acceptors (Lipinski definition) is 4. The number of nitrogens with two attached hydrogens (primary N) is 1. The molecule has 0 aliphatic carbocycles. The summed E-state index contributed by atoms with van der Waals surface area (Å²) in [7, 11) is 0. The maximum absolute atomic E-state index is 12.1. The first-order chi connectivity index (χ1) is 12.2. The van der Waals surface area contributed by atoms with Crippen LogP contribution in [0.15, 0.2) is 53.5 Å². The molecule has 0 heterocycles. The smallest absolute Gasteiger partial charge is 0.406 e. The van der Waals surface area contributed by atoms with Crippen LogP contribution in [0.5, 0.6) is 5.75 Å². The molecule has 0 aliphatic heterocycles. The Hall–Kier alpha value is -2.57. The summed E-state index contributed by atoms with van der Waals surface area (Å²) in [5.74, 6) is -0.173. The van der Waals surface area contributed by atoms with Crippen LogP contribution in [0.2, 0.25) is 0 Å². The highest BCUT2D eigenvalue weighted by atomic mass is 127. The summed E-state index contributed by atoms with van der Waals surface area (Å²) >= 11 is 0. The molecule has 0 saturated carbocycles. The van der Waals surface area contributed by atoms with Crippen molar-refractivity contribution in [1.82, 2.24) is 5.32 Å². The Morgan fingerprint density at radius 3 is 2.19 bits per heavy atom. The van der Waals surface area contributed by atoms with Crippen LogP contribution in [0.3, 0.4) is 0 Å². The molecule has 2 aromatic rings. The van der Waals surface area contributed by atoms with Gasteiger partial charge in [-0.1, -0.05) is 24.3 Å². The predicted octanol–water partition coefficient (Wildman–Crippen LogP) is 3.72. The third-order valence-corrected chi connectivity index (χ3v) is 3.21. The van der Waals surface area contributed by atoms with E-state index in [4.69, 9.17) is 5.73 Å². The van der Waals surface area contributed by atoms with Crippen molar-refractivity contribution in [2.45, 2.75) is 19.5 Å². The highest BCUT2D eigenvalue weighted by molar-refractivity contribution is 14.0. The largest absolute Gasteiger partial charge is 0.573 e. The van der Waals surface area contributed by atoms with Crippen molar-refractivity contribution in [3.63, 3.8) is 0 Å². The number of alkyl halides is 3. The Morgan fingerprint density at radius 1 is 1.11 bits per heavy atom. The molecular weight excluding hydrogens is 480 g/mol. The minimum atomic E-state index is -4.73. The first kappa shape index (κ1) is 22.5. The molecule has 2 rings (SSSR count). The molecule has 0 bridgehead atoms. The summed E-state index contributed by atoms with van der Waals surface area (Å²) in [4.78, 5) is 14.2. The molecule has 0 aliphatic rings. The van der Waals surface area contributed by atoms with Gasteiger partial charge in [-0.3, -0.25) is 10.1 Å². The molecule has 0 unspecified atom stereocenters. The predicted molar refractivity (Wildman–Crippen MR) is 104 cm³/mol. The monoisotopic (exact) mass is 496 g/mol. The van der Waals surface area contributed by atoms with Crippen LogP contribution in [0, 0.1) is 10.1 Å². The molecule has 0 spiro atoms. The highest BCUT2D eigenvalue weighted by Crippen LogP contribution is 2.22. The van der Waals surface area contributed by atoms with E-state index < -0.39 is 11.3 Å². The third kappa shape index (κ3) is 8.11. The fraction of sp³-hybridized carbons (Fsp3) is 0.188. The van der Waals surface area contributed by atoms with Crippen LogP contribution in [0.1, 0.15) is 11.1 Å². The van der Waals surface area contributed by atoms with E-state index >= 15 is 0 Å². The topological polar surface area (TPSA) is 103 Å². The number of aliphatic imine (C=N–C) groups is 1. The van der Waals surface area contributed by atoms with E-state index in [1.807, 2.05) is 0 Å². The van der Waals surface area contributed by atoms with E-state index in [1.54, 1.807) is 12.1 Å². The second-order valence-corrected chi connectivity index (χ2v) is 5.17. The zero-order chi connectivity index (χ0) is 19.2. The molecule has 11 heteroatoms. The average Bonchev–Trinajstić information content (AvgIpc) is 2.58. The number of rotatable bonds is 6. The fourth-order valence-electron chi connectivity index (χ4n) is 1.96. The van der Waals surface area contributed by atoms with E-state index in [2.05, 4.69) is 15.0 Å². The second kappa shape index (κ2) is 9.94. The Morgan fingerprint density at radius 2 is 1.67 bits per heavy atom. The maximum Gasteiger partial charge on any atom is 0.573 e. The lowest BCUT2D eigenvalue weighted by atomic mass is 10.2. The molecule has 3 N–H and O–H groups in total. The van der Waals surface area contributed by atoms with Gasteiger partial charge in [-0.2, -0.15) is 0 Å². The van der Waals surface area contributed by atoms with Gasteiger partial charge in [0.25, 0.3) is 5.69 Å². The van der Waals surface area contributed by atoms with E-state index in [0.717, 1.165) is 5.56 Å². The van der Waals surface area contributed by atoms with Gasteiger partial charge in [0.1, 0.15) is 5.75 Å². The van der Waals surface area contributed by atoms with Gasteiger partial charge in [0.05, 0.1) is 11.5 Å². The van der Waals surface area contributed by atoms with Gasteiger partial charge in [-0.25, -0.2) is 4.99 Å². The van der Waals surface area contributed by atoms with Gasteiger partial charge < -0.3 is 15.8 Å². The van der Waals surface area contributed by atoms with Crippen molar-refractivity contribution in [2.75, 3.05) is 0 Å². The molecule has 0 amide bonds. The number of nitrogens with one attached hydrogen (secondary N) is 1. The van der Waals surface area contributed by atoms with Crippen LogP contribution in [-0.4, -0.2) is 17.2 Å². The molecule has 0 aromatic heterocycles. The molecule has 146 valence electrons. The Kier molecular flexibility index (Phi) is 8.28. The molecule has 27 heavy (non-hydrogen) atoms. The van der Waals surface area contributed by atoms with Crippen LogP contribution >= 0.6 is 24.0 Å².